The van der Waals surface area contributed by atoms with E-state index in [4.69, 9.17) is 14.0 Å². The lowest BCUT2D eigenvalue weighted by Gasteiger charge is -2.24. The van der Waals surface area contributed by atoms with E-state index < -0.39 is 7.32 Å². The highest BCUT2D eigenvalue weighted by molar-refractivity contribution is 7.81. The molecule has 3 unspecified atom stereocenters. The first-order valence-electron chi connectivity index (χ1n) is 8.53. The molecule has 0 N–H and O–H groups in total. The van der Waals surface area contributed by atoms with Crippen molar-refractivity contribution in [1.29, 1.82) is 0 Å². The van der Waals surface area contributed by atoms with Crippen molar-refractivity contribution in [2.45, 2.75) is 94.9 Å². The highest BCUT2D eigenvalue weighted by atomic mass is 32.1. The van der Waals surface area contributed by atoms with Crippen molar-refractivity contribution in [3.8, 4) is 0 Å². The van der Waals surface area contributed by atoms with E-state index in [-0.39, 0.29) is 16.3 Å². The van der Waals surface area contributed by atoms with Gasteiger partial charge in [-0.25, -0.2) is 0 Å². The van der Waals surface area contributed by atoms with Gasteiger partial charge in [-0.3, -0.25) is 0 Å². The van der Waals surface area contributed by atoms with Crippen LogP contribution in [0, 0.1) is 0 Å². The van der Waals surface area contributed by atoms with Gasteiger partial charge in [0.2, 0.25) is 0 Å². The van der Waals surface area contributed by atoms with Crippen molar-refractivity contribution in [3.05, 3.63) is 0 Å². The summed E-state index contributed by atoms with van der Waals surface area (Å²) in [7, 11) is -0.752. The Balaban J connectivity index is 4.34. The van der Waals surface area contributed by atoms with Gasteiger partial charge in [-0.15, -0.1) is 37.9 Å². The van der Waals surface area contributed by atoms with Crippen molar-refractivity contribution >= 4 is 45.2 Å². The molecule has 0 fully saturated rings. The molecule has 0 aliphatic carbocycles. The van der Waals surface area contributed by atoms with Crippen LogP contribution >= 0.6 is 37.9 Å². The SMILES string of the molecule is CCCCC(S)OB(OC(S)CCCC)OC(S)CCCC. The third-order valence-electron chi connectivity index (χ3n) is 3.22. The van der Waals surface area contributed by atoms with Crippen molar-refractivity contribution in [2.24, 2.45) is 0 Å². The van der Waals surface area contributed by atoms with Crippen LogP contribution < -0.4 is 0 Å². The van der Waals surface area contributed by atoms with Gasteiger partial charge < -0.3 is 14.0 Å². The van der Waals surface area contributed by atoms with Gasteiger partial charge in [-0.05, 0) is 19.3 Å². The second kappa shape index (κ2) is 15.5. The summed E-state index contributed by atoms with van der Waals surface area (Å²) in [6.45, 7) is 6.44. The van der Waals surface area contributed by atoms with Crippen LogP contribution in [0.4, 0.5) is 0 Å². The Kier molecular flexibility index (Phi) is 16.2. The predicted molar refractivity (Wildman–Crippen MR) is 106 cm³/mol. The molecule has 3 nitrogen and oxygen atoms in total. The van der Waals surface area contributed by atoms with E-state index in [0.717, 1.165) is 57.8 Å². The van der Waals surface area contributed by atoms with Gasteiger partial charge in [0.15, 0.2) is 0 Å². The van der Waals surface area contributed by atoms with E-state index in [1.54, 1.807) is 0 Å². The van der Waals surface area contributed by atoms with E-state index >= 15 is 0 Å². The average molecular weight is 368 g/mol. The Hall–Kier alpha value is 0.995. The van der Waals surface area contributed by atoms with E-state index in [1.807, 2.05) is 0 Å². The molecule has 0 aromatic heterocycles. The lowest BCUT2D eigenvalue weighted by atomic mass is 10.2. The smallest absolute Gasteiger partial charge is 0.374 e. The monoisotopic (exact) mass is 368 g/mol. The first-order chi connectivity index (χ1) is 10.5. The molecule has 0 aromatic rings. The van der Waals surface area contributed by atoms with Gasteiger partial charge in [0, 0.05) is 0 Å². The first kappa shape index (κ1) is 23.0. The van der Waals surface area contributed by atoms with Crippen molar-refractivity contribution in [2.75, 3.05) is 0 Å². The minimum absolute atomic E-state index is 0.191. The van der Waals surface area contributed by atoms with Crippen LogP contribution in [0.5, 0.6) is 0 Å². The second-order valence-electron chi connectivity index (χ2n) is 5.49. The summed E-state index contributed by atoms with van der Waals surface area (Å²) in [5.74, 6) is 0. The quantitative estimate of drug-likeness (QED) is 0.206. The maximum atomic E-state index is 5.78. The summed E-state index contributed by atoms with van der Waals surface area (Å²) in [6.07, 6.45) is 9.19. The first-order valence-corrected chi connectivity index (χ1v) is 10.1. The Morgan fingerprint density at radius 1 is 0.636 bits per heavy atom. The van der Waals surface area contributed by atoms with Gasteiger partial charge in [0.25, 0.3) is 0 Å². The Bertz CT molecular complexity index is 212. The molecule has 0 saturated heterocycles. The van der Waals surface area contributed by atoms with E-state index in [2.05, 4.69) is 58.7 Å². The molecular weight excluding hydrogens is 335 g/mol. The van der Waals surface area contributed by atoms with Gasteiger partial charge in [-0.2, -0.15) is 0 Å². The molecule has 0 rings (SSSR count). The van der Waals surface area contributed by atoms with Crippen LogP contribution in [-0.2, 0) is 14.0 Å². The standard InChI is InChI=1S/C15H33BO3S3/c1-4-7-10-13(20)17-16(18-14(21)11-8-5-2)19-15(22)12-9-6-3/h13-15,20-22H,4-12H2,1-3H3. The van der Waals surface area contributed by atoms with Crippen molar-refractivity contribution < 1.29 is 14.0 Å². The third kappa shape index (κ3) is 13.4. The zero-order valence-corrected chi connectivity index (χ0v) is 16.9. The summed E-state index contributed by atoms with van der Waals surface area (Å²) >= 11 is 13.4. The molecule has 22 heavy (non-hydrogen) atoms. The van der Waals surface area contributed by atoms with Gasteiger partial charge >= 0.3 is 7.32 Å². The lowest BCUT2D eigenvalue weighted by Crippen LogP contribution is -2.35. The molecular formula is C15H33BO3S3. The van der Waals surface area contributed by atoms with Crippen LogP contribution in [0.1, 0.15) is 78.6 Å². The Labute approximate surface area is 154 Å². The fraction of sp³-hybridized carbons (Fsp3) is 1.00. The van der Waals surface area contributed by atoms with Gasteiger partial charge in [0.05, 0.1) is 16.3 Å². The number of thiol groups is 3. The summed E-state index contributed by atoms with van der Waals surface area (Å²) in [5, 5.41) is 0. The molecule has 0 saturated carbocycles. The highest BCUT2D eigenvalue weighted by Crippen LogP contribution is 2.18. The number of unbranched alkanes of at least 4 members (excludes halogenated alkanes) is 3. The third-order valence-corrected chi connectivity index (χ3v) is 4.36. The molecule has 3 atom stereocenters. The van der Waals surface area contributed by atoms with E-state index in [9.17, 15) is 0 Å². The molecule has 0 bridgehead atoms. The number of rotatable bonds is 15. The Morgan fingerprint density at radius 3 is 1.14 bits per heavy atom. The fourth-order valence-electron chi connectivity index (χ4n) is 1.82. The van der Waals surface area contributed by atoms with Crippen LogP contribution in [0.3, 0.4) is 0 Å². The molecule has 0 aliphatic heterocycles. The zero-order valence-electron chi connectivity index (χ0n) is 14.2. The summed E-state index contributed by atoms with van der Waals surface area (Å²) in [4.78, 5) is 0. The van der Waals surface area contributed by atoms with Crippen LogP contribution in [0.15, 0.2) is 0 Å². The molecule has 7 heteroatoms. The zero-order chi connectivity index (χ0) is 16.8. The topological polar surface area (TPSA) is 27.7 Å². The van der Waals surface area contributed by atoms with Gasteiger partial charge in [0.1, 0.15) is 0 Å². The lowest BCUT2D eigenvalue weighted by molar-refractivity contribution is 0.0636. The largest absolute Gasteiger partial charge is 0.641 e. The number of hydrogen-bond acceptors (Lipinski definition) is 6. The molecule has 132 valence electrons. The van der Waals surface area contributed by atoms with Crippen LogP contribution in [0.2, 0.25) is 0 Å². The van der Waals surface area contributed by atoms with Crippen molar-refractivity contribution in [3.63, 3.8) is 0 Å². The highest BCUT2D eigenvalue weighted by Gasteiger charge is 2.29. The number of hydrogen-bond donors (Lipinski definition) is 3. The van der Waals surface area contributed by atoms with E-state index in [1.165, 1.54) is 0 Å². The molecule has 0 aliphatic rings. The average Bonchev–Trinajstić information content (AvgIpc) is 2.48. The molecule has 0 heterocycles. The molecule has 0 spiro atoms. The molecule has 0 amide bonds. The summed E-state index contributed by atoms with van der Waals surface area (Å²) in [5.41, 5.74) is -0.574. The fourth-order valence-corrected chi connectivity index (χ4v) is 2.67. The minimum Gasteiger partial charge on any atom is -0.374 e. The molecule has 0 radical (unpaired) electrons. The summed E-state index contributed by atoms with van der Waals surface area (Å²) in [6, 6.07) is 0. The van der Waals surface area contributed by atoms with Gasteiger partial charge in [-0.1, -0.05) is 59.3 Å². The predicted octanol–water partition coefficient (Wildman–Crippen LogP) is 5.36. The second-order valence-corrected chi connectivity index (χ2v) is 7.22. The Morgan fingerprint density at radius 2 is 0.909 bits per heavy atom. The minimum atomic E-state index is -0.752. The molecule has 0 aromatic carbocycles. The van der Waals surface area contributed by atoms with Crippen molar-refractivity contribution in [1.82, 2.24) is 0 Å². The maximum Gasteiger partial charge on any atom is 0.641 e. The van der Waals surface area contributed by atoms with Crippen LogP contribution in [0.25, 0.3) is 0 Å². The maximum absolute atomic E-state index is 5.78. The van der Waals surface area contributed by atoms with Crippen LogP contribution in [-0.4, -0.2) is 23.6 Å². The summed E-state index contributed by atoms with van der Waals surface area (Å²) < 4.78 is 17.3. The normalized spacial score (nSPS) is 15.5. The van der Waals surface area contributed by atoms with E-state index in [0.29, 0.717) is 0 Å².